The van der Waals surface area contributed by atoms with Crippen LogP contribution in [0.1, 0.15) is 93.7 Å². The number of carbonyl (C=O) groups is 3. The van der Waals surface area contributed by atoms with Crippen LogP contribution in [-0.4, -0.2) is 59.3 Å². The van der Waals surface area contributed by atoms with Gasteiger partial charge in [-0.15, -0.1) is 0 Å². The van der Waals surface area contributed by atoms with E-state index < -0.39 is 18.2 Å². The van der Waals surface area contributed by atoms with Gasteiger partial charge in [0.25, 0.3) is 5.56 Å². The summed E-state index contributed by atoms with van der Waals surface area (Å²) < 4.78 is 17.7. The summed E-state index contributed by atoms with van der Waals surface area (Å²) in [5.74, 6) is -0.467. The molecule has 0 unspecified atom stereocenters. The number of carbonyl (C=O) groups excluding carboxylic acids is 2. The van der Waals surface area contributed by atoms with E-state index in [0.29, 0.717) is 42.8 Å². The number of aromatic nitrogens is 2. The Labute approximate surface area is 363 Å². The van der Waals surface area contributed by atoms with E-state index in [2.05, 4.69) is 41.0 Å². The zero-order valence-electron chi connectivity index (χ0n) is 36.8. The molecule has 0 fully saturated rings. The highest BCUT2D eigenvalue weighted by Gasteiger charge is 2.30. The summed E-state index contributed by atoms with van der Waals surface area (Å²) in [6.07, 6.45) is 0.0791. The molecule has 1 aliphatic carbocycles. The number of unbranched alkanes of at least 4 members (excludes halogenated alkanes) is 1. The summed E-state index contributed by atoms with van der Waals surface area (Å²) in [5.41, 5.74) is 9.53. The monoisotopic (exact) mass is 842 g/mol. The topological polar surface area (TPSA) is 158 Å². The molecule has 0 atom stereocenters. The number of hydrogen-bond acceptors (Lipinski definition) is 8. The number of carboxylic acid groups (broad SMARTS) is 1. The maximum absolute atomic E-state index is 13.6. The van der Waals surface area contributed by atoms with E-state index in [9.17, 15) is 19.2 Å². The van der Waals surface area contributed by atoms with Crippen LogP contribution in [0.15, 0.2) is 95.8 Å². The van der Waals surface area contributed by atoms with Crippen molar-refractivity contribution < 1.29 is 33.7 Å². The molecule has 62 heavy (non-hydrogen) atoms. The lowest BCUT2D eigenvalue weighted by Crippen LogP contribution is -2.38. The van der Waals surface area contributed by atoms with Gasteiger partial charge in [-0.25, -0.2) is 14.6 Å². The van der Waals surface area contributed by atoms with E-state index in [1.165, 1.54) is 0 Å². The van der Waals surface area contributed by atoms with Gasteiger partial charge in [0, 0.05) is 23.5 Å². The van der Waals surface area contributed by atoms with E-state index in [0.717, 1.165) is 67.2 Å². The van der Waals surface area contributed by atoms with Crippen molar-refractivity contribution in [2.75, 3.05) is 26.5 Å². The van der Waals surface area contributed by atoms with Gasteiger partial charge in [0.15, 0.2) is 0 Å². The van der Waals surface area contributed by atoms with Crippen molar-refractivity contribution in [1.29, 1.82) is 0 Å². The summed E-state index contributed by atoms with van der Waals surface area (Å²) in [6.45, 7) is 14.1. The molecule has 2 aliphatic rings. The van der Waals surface area contributed by atoms with Gasteiger partial charge in [-0.05, 0) is 82.5 Å². The van der Waals surface area contributed by atoms with Gasteiger partial charge in [-0.1, -0.05) is 120 Å². The highest BCUT2D eigenvalue weighted by Crippen LogP contribution is 2.44. The molecule has 8 rings (SSSR count). The molecule has 2 aromatic heterocycles. The number of rotatable bonds is 13. The zero-order chi connectivity index (χ0) is 44.8. The van der Waals surface area contributed by atoms with Crippen molar-refractivity contribution in [1.82, 2.24) is 20.2 Å². The molecular weight excluding hydrogens is 785 g/mol. The molecule has 3 N–H and O–H groups in total. The van der Waals surface area contributed by atoms with Crippen molar-refractivity contribution in [3.05, 3.63) is 135 Å². The van der Waals surface area contributed by atoms with Crippen molar-refractivity contribution in [2.45, 2.75) is 86.8 Å². The summed E-state index contributed by atoms with van der Waals surface area (Å²) in [5, 5.41) is 17.5. The quantitative estimate of drug-likeness (QED) is 0.0445. The Hall–Kier alpha value is -6.53. The summed E-state index contributed by atoms with van der Waals surface area (Å²) in [6, 6.07) is 30.3. The van der Waals surface area contributed by atoms with E-state index in [1.807, 2.05) is 102 Å². The summed E-state index contributed by atoms with van der Waals surface area (Å²) >= 11 is 0. The van der Waals surface area contributed by atoms with Crippen molar-refractivity contribution in [3.63, 3.8) is 0 Å². The fraction of sp³-hybridized carbons (Fsp3) is 0.340. The molecule has 326 valence electrons. The van der Waals surface area contributed by atoms with Gasteiger partial charge in [0.2, 0.25) is 5.91 Å². The Bertz CT molecular complexity index is 2540. The predicted molar refractivity (Wildman–Crippen MR) is 245 cm³/mol. The number of aryl methyl sites for hydroxylation is 2. The van der Waals surface area contributed by atoms with Gasteiger partial charge in [0.05, 0.1) is 29.0 Å². The standard InChI is InChI=1S/C44H40N4O8.3C2H6/c1-26-20-38-41-34(22-48(38)42(50)35(26)23-56-44(52)53)33(40-28-11-3-2-10-27(28)17-18-37(40)47-41)16-8-9-19-54-25-46-39(49)21-45-43(51)55-24-36-31-14-6-4-12-29(31)30-13-5-7-15-32(30)36;3*1-2/h2-7,10-15,17-18,20,36H,8-9,16,19,21-25H2,1H3,(H,45,51)(H,46,49)(H,52,53);3*1-2H3. The Morgan fingerprint density at radius 3 is 2.16 bits per heavy atom. The zero-order valence-corrected chi connectivity index (χ0v) is 36.8. The Balaban J connectivity index is 0.00000116. The minimum atomic E-state index is -1.44. The number of fused-ring (bicyclic) bond motifs is 9. The van der Waals surface area contributed by atoms with Crippen LogP contribution in [0, 0.1) is 6.92 Å². The van der Waals surface area contributed by atoms with Gasteiger partial charge < -0.3 is 34.5 Å². The first-order chi connectivity index (χ1) is 30.3. The Morgan fingerprint density at radius 2 is 1.47 bits per heavy atom. The van der Waals surface area contributed by atoms with Crippen molar-refractivity contribution in [2.24, 2.45) is 0 Å². The van der Waals surface area contributed by atoms with Crippen LogP contribution in [0.5, 0.6) is 0 Å². The van der Waals surface area contributed by atoms with Crippen LogP contribution in [0.3, 0.4) is 0 Å². The third-order valence-corrected chi connectivity index (χ3v) is 10.7. The molecule has 2 amide bonds. The largest absolute Gasteiger partial charge is 0.506 e. The van der Waals surface area contributed by atoms with Crippen LogP contribution in [-0.2, 0) is 38.6 Å². The average Bonchev–Trinajstić information content (AvgIpc) is 3.84. The van der Waals surface area contributed by atoms with Gasteiger partial charge in [0.1, 0.15) is 26.5 Å². The van der Waals surface area contributed by atoms with Gasteiger partial charge in [-0.2, -0.15) is 0 Å². The minimum absolute atomic E-state index is 0.00503. The highest BCUT2D eigenvalue weighted by atomic mass is 16.7. The first-order valence-electron chi connectivity index (χ1n) is 21.6. The van der Waals surface area contributed by atoms with Crippen molar-refractivity contribution in [3.8, 4) is 22.5 Å². The third-order valence-electron chi connectivity index (χ3n) is 10.7. The number of benzene rings is 4. The minimum Gasteiger partial charge on any atom is -0.450 e. The highest BCUT2D eigenvalue weighted by molar-refractivity contribution is 6.09. The van der Waals surface area contributed by atoms with Gasteiger partial charge in [-0.3, -0.25) is 9.59 Å². The second-order valence-corrected chi connectivity index (χ2v) is 14.0. The van der Waals surface area contributed by atoms with Crippen LogP contribution in [0.4, 0.5) is 9.59 Å². The van der Waals surface area contributed by atoms with Crippen LogP contribution < -0.4 is 16.2 Å². The lowest BCUT2D eigenvalue weighted by molar-refractivity contribution is -0.121. The number of alkyl carbamates (subject to hydrolysis) is 1. The van der Waals surface area contributed by atoms with Crippen molar-refractivity contribution >= 4 is 39.8 Å². The lowest BCUT2D eigenvalue weighted by atomic mass is 9.93. The van der Waals surface area contributed by atoms with E-state index in [4.69, 9.17) is 24.3 Å². The number of nitrogens with one attached hydrogen (secondary N) is 2. The molecule has 12 heteroatoms. The Kier molecular flexibility index (Phi) is 16.8. The normalized spacial score (nSPS) is 11.6. The molecular formula is C50H58N4O8. The second kappa shape index (κ2) is 22.4. The number of nitrogens with zero attached hydrogens (tertiary/aromatic N) is 2. The number of amides is 2. The molecule has 0 saturated heterocycles. The third kappa shape index (κ3) is 10.1. The smallest absolute Gasteiger partial charge is 0.450 e. The lowest BCUT2D eigenvalue weighted by Gasteiger charge is -2.15. The SMILES string of the molecule is CC.CC.CC.Cc1cc2n(c(=O)c1COC(=O)O)Cc1c-2nc2ccc3ccccc3c2c1CCCCOCNC(=O)CNC(=O)OCC1c2ccccc2-c2ccccc21. The molecule has 3 heterocycles. The maximum Gasteiger partial charge on any atom is 0.506 e. The van der Waals surface area contributed by atoms with E-state index >= 15 is 0 Å². The van der Waals surface area contributed by atoms with E-state index in [-0.39, 0.29) is 38.0 Å². The molecule has 0 saturated carbocycles. The number of hydrogen-bond donors (Lipinski definition) is 3. The first kappa shape index (κ1) is 46.5. The van der Waals surface area contributed by atoms with E-state index in [1.54, 1.807) is 11.5 Å². The molecule has 4 aromatic carbocycles. The average molecular weight is 843 g/mol. The maximum atomic E-state index is 13.6. The fourth-order valence-electron chi connectivity index (χ4n) is 8.02. The van der Waals surface area contributed by atoms with Crippen LogP contribution >= 0.6 is 0 Å². The van der Waals surface area contributed by atoms with Crippen LogP contribution in [0.25, 0.3) is 44.2 Å². The number of ether oxygens (including phenoxy) is 3. The fourth-order valence-corrected chi connectivity index (χ4v) is 8.02. The molecule has 0 spiro atoms. The predicted octanol–water partition coefficient (Wildman–Crippen LogP) is 10.1. The Morgan fingerprint density at radius 1 is 0.806 bits per heavy atom. The molecule has 0 bridgehead atoms. The number of pyridine rings is 2. The molecule has 0 radical (unpaired) electrons. The second-order valence-electron chi connectivity index (χ2n) is 14.0. The molecule has 12 nitrogen and oxygen atoms in total. The molecule has 1 aliphatic heterocycles. The van der Waals surface area contributed by atoms with Gasteiger partial charge >= 0.3 is 12.2 Å². The van der Waals surface area contributed by atoms with Crippen LogP contribution in [0.2, 0.25) is 0 Å². The summed E-state index contributed by atoms with van der Waals surface area (Å²) in [7, 11) is 0. The summed E-state index contributed by atoms with van der Waals surface area (Å²) in [4.78, 5) is 54.7. The molecule has 6 aromatic rings. The first-order valence-corrected chi connectivity index (χ1v) is 21.6.